The van der Waals surface area contributed by atoms with Gasteiger partial charge < -0.3 is 15.4 Å². The Balaban J connectivity index is 1.70. The van der Waals surface area contributed by atoms with E-state index in [0.29, 0.717) is 5.11 Å². The van der Waals surface area contributed by atoms with Crippen molar-refractivity contribution >= 4 is 44.0 Å². The molecular weight excluding hydrogens is 316 g/mol. The molecule has 0 saturated carbocycles. The number of hydrogen-bond acceptors (Lipinski definition) is 5. The van der Waals surface area contributed by atoms with E-state index in [9.17, 15) is 0 Å². The highest BCUT2D eigenvalue weighted by Gasteiger charge is 2.12. The highest BCUT2D eigenvalue weighted by atomic mass is 32.1. The largest absolute Gasteiger partial charge is 0.379 e. The molecule has 1 aromatic carbocycles. The maximum Gasteiger partial charge on any atom is 0.190 e. The molecule has 1 fully saturated rings. The second-order valence-electron chi connectivity index (χ2n) is 5.19. The van der Waals surface area contributed by atoms with E-state index >= 15 is 0 Å². The maximum absolute atomic E-state index is 5.39. The number of anilines is 1. The summed E-state index contributed by atoms with van der Waals surface area (Å²) in [6.07, 6.45) is 0. The van der Waals surface area contributed by atoms with Crippen LogP contribution in [-0.4, -0.2) is 47.8 Å². The molecule has 118 valence electrons. The number of fused-ring (bicyclic) bond motifs is 1. The monoisotopic (exact) mass is 336 g/mol. The summed E-state index contributed by atoms with van der Waals surface area (Å²) in [4.78, 5) is 6.99. The molecule has 2 aromatic rings. The SMILES string of the molecule is CCNC(=S)Nc1nc2ccc(CN3CCOCC3)cc2s1. The quantitative estimate of drug-likeness (QED) is 0.837. The summed E-state index contributed by atoms with van der Waals surface area (Å²) >= 11 is 6.83. The second-order valence-corrected chi connectivity index (χ2v) is 6.63. The molecule has 22 heavy (non-hydrogen) atoms. The number of thiocarbonyl (C=S) groups is 1. The minimum atomic E-state index is 0.620. The van der Waals surface area contributed by atoms with Gasteiger partial charge in [-0.15, -0.1) is 0 Å². The van der Waals surface area contributed by atoms with Crippen LogP contribution < -0.4 is 10.6 Å². The number of nitrogens with zero attached hydrogens (tertiary/aromatic N) is 2. The van der Waals surface area contributed by atoms with Crippen LogP contribution >= 0.6 is 23.6 Å². The first-order valence-corrected chi connectivity index (χ1v) is 8.71. The summed E-state index contributed by atoms with van der Waals surface area (Å²) in [5, 5.41) is 7.66. The molecule has 3 rings (SSSR count). The molecule has 2 heterocycles. The zero-order valence-corrected chi connectivity index (χ0v) is 14.2. The number of morpholine rings is 1. The fourth-order valence-corrected chi connectivity index (χ4v) is 3.68. The highest BCUT2D eigenvalue weighted by molar-refractivity contribution is 7.80. The molecule has 0 spiro atoms. The predicted molar refractivity (Wildman–Crippen MR) is 95.6 cm³/mol. The van der Waals surface area contributed by atoms with Crippen LogP contribution in [0.15, 0.2) is 18.2 Å². The highest BCUT2D eigenvalue weighted by Crippen LogP contribution is 2.27. The Morgan fingerprint density at radius 1 is 1.41 bits per heavy atom. The van der Waals surface area contributed by atoms with Crippen LogP contribution in [0.2, 0.25) is 0 Å². The molecule has 5 nitrogen and oxygen atoms in total. The fraction of sp³-hybridized carbons (Fsp3) is 0.467. The third-order valence-electron chi connectivity index (χ3n) is 3.52. The first kappa shape index (κ1) is 15.6. The smallest absolute Gasteiger partial charge is 0.190 e. The topological polar surface area (TPSA) is 49.4 Å². The molecule has 1 aromatic heterocycles. The van der Waals surface area contributed by atoms with Gasteiger partial charge in [0.1, 0.15) is 0 Å². The van der Waals surface area contributed by atoms with Crippen LogP contribution in [0.4, 0.5) is 5.13 Å². The molecule has 1 aliphatic heterocycles. The average Bonchev–Trinajstić information content (AvgIpc) is 2.90. The second kappa shape index (κ2) is 7.32. The standard InChI is InChI=1S/C15H20N4OS2/c1-2-16-14(21)18-15-17-12-4-3-11(9-13(12)22-15)10-19-5-7-20-8-6-19/h3-4,9H,2,5-8,10H2,1H3,(H2,16,17,18,21). The minimum Gasteiger partial charge on any atom is -0.379 e. The van der Waals surface area contributed by atoms with E-state index in [1.807, 2.05) is 6.92 Å². The van der Waals surface area contributed by atoms with Crippen LogP contribution in [0.1, 0.15) is 12.5 Å². The lowest BCUT2D eigenvalue weighted by atomic mass is 10.2. The molecule has 0 aliphatic carbocycles. The van der Waals surface area contributed by atoms with Gasteiger partial charge in [0.2, 0.25) is 0 Å². The molecule has 1 aliphatic rings. The first-order chi connectivity index (χ1) is 10.7. The lowest BCUT2D eigenvalue weighted by Gasteiger charge is -2.26. The summed E-state index contributed by atoms with van der Waals surface area (Å²) in [5.41, 5.74) is 2.33. The molecule has 0 bridgehead atoms. The van der Waals surface area contributed by atoms with Crippen molar-refractivity contribution in [2.45, 2.75) is 13.5 Å². The van der Waals surface area contributed by atoms with Crippen molar-refractivity contribution in [3.63, 3.8) is 0 Å². The van der Waals surface area contributed by atoms with Gasteiger partial charge in [0.25, 0.3) is 0 Å². The van der Waals surface area contributed by atoms with Crippen molar-refractivity contribution < 1.29 is 4.74 Å². The van der Waals surface area contributed by atoms with E-state index in [4.69, 9.17) is 17.0 Å². The molecule has 7 heteroatoms. The minimum absolute atomic E-state index is 0.620. The Kier molecular flexibility index (Phi) is 5.20. The lowest BCUT2D eigenvalue weighted by molar-refractivity contribution is 0.0342. The molecule has 0 atom stereocenters. The van der Waals surface area contributed by atoms with Crippen LogP contribution in [-0.2, 0) is 11.3 Å². The average molecular weight is 336 g/mol. The number of aromatic nitrogens is 1. The van der Waals surface area contributed by atoms with Gasteiger partial charge in [0.15, 0.2) is 10.2 Å². The summed E-state index contributed by atoms with van der Waals surface area (Å²) in [5.74, 6) is 0. The van der Waals surface area contributed by atoms with Gasteiger partial charge in [-0.3, -0.25) is 4.90 Å². The van der Waals surface area contributed by atoms with E-state index in [1.165, 1.54) is 10.3 Å². The van der Waals surface area contributed by atoms with E-state index in [2.05, 4.69) is 38.7 Å². The number of nitrogens with one attached hydrogen (secondary N) is 2. The van der Waals surface area contributed by atoms with E-state index in [0.717, 1.165) is 50.0 Å². The summed E-state index contributed by atoms with van der Waals surface area (Å²) in [7, 11) is 0. The Morgan fingerprint density at radius 2 is 2.23 bits per heavy atom. The van der Waals surface area contributed by atoms with Crippen molar-refractivity contribution in [2.24, 2.45) is 0 Å². The maximum atomic E-state index is 5.39. The van der Waals surface area contributed by atoms with Gasteiger partial charge in [-0.05, 0) is 36.8 Å². The van der Waals surface area contributed by atoms with Crippen LogP contribution in [0, 0.1) is 0 Å². The van der Waals surface area contributed by atoms with Crippen molar-refractivity contribution in [3.8, 4) is 0 Å². The van der Waals surface area contributed by atoms with Crippen molar-refractivity contribution in [1.82, 2.24) is 15.2 Å². The van der Waals surface area contributed by atoms with E-state index in [1.54, 1.807) is 11.3 Å². The van der Waals surface area contributed by atoms with Crippen LogP contribution in [0.25, 0.3) is 10.2 Å². The summed E-state index contributed by atoms with van der Waals surface area (Å²) in [6, 6.07) is 6.47. The van der Waals surface area contributed by atoms with Gasteiger partial charge in [-0.25, -0.2) is 4.98 Å². The molecular formula is C15H20N4OS2. The Hall–Kier alpha value is -1.28. The zero-order chi connectivity index (χ0) is 15.4. The van der Waals surface area contributed by atoms with Crippen molar-refractivity contribution in [1.29, 1.82) is 0 Å². The zero-order valence-electron chi connectivity index (χ0n) is 12.6. The Labute approximate surface area is 139 Å². The molecule has 0 unspecified atom stereocenters. The van der Waals surface area contributed by atoms with Gasteiger partial charge >= 0.3 is 0 Å². The molecule has 0 radical (unpaired) electrons. The third kappa shape index (κ3) is 3.92. The Morgan fingerprint density at radius 3 is 3.00 bits per heavy atom. The van der Waals surface area contributed by atoms with E-state index in [-0.39, 0.29) is 0 Å². The first-order valence-electron chi connectivity index (χ1n) is 7.49. The van der Waals surface area contributed by atoms with Crippen LogP contribution in [0.5, 0.6) is 0 Å². The van der Waals surface area contributed by atoms with Gasteiger partial charge in [-0.2, -0.15) is 0 Å². The number of benzene rings is 1. The van der Waals surface area contributed by atoms with Crippen molar-refractivity contribution in [2.75, 3.05) is 38.2 Å². The number of ether oxygens (including phenoxy) is 1. The molecule has 2 N–H and O–H groups in total. The van der Waals surface area contributed by atoms with E-state index < -0.39 is 0 Å². The van der Waals surface area contributed by atoms with Gasteiger partial charge in [0.05, 0.1) is 23.4 Å². The summed E-state index contributed by atoms with van der Waals surface area (Å²) < 4.78 is 6.58. The third-order valence-corrected chi connectivity index (χ3v) is 4.70. The number of rotatable bonds is 4. The number of hydrogen-bond donors (Lipinski definition) is 2. The van der Waals surface area contributed by atoms with Gasteiger partial charge in [0, 0.05) is 26.2 Å². The number of thiazole rings is 1. The van der Waals surface area contributed by atoms with Crippen molar-refractivity contribution in [3.05, 3.63) is 23.8 Å². The summed E-state index contributed by atoms with van der Waals surface area (Å²) in [6.45, 7) is 7.47. The molecule has 0 amide bonds. The Bertz CT molecular complexity index is 652. The molecule has 1 saturated heterocycles. The lowest BCUT2D eigenvalue weighted by Crippen LogP contribution is -2.35. The van der Waals surface area contributed by atoms with Crippen LogP contribution in [0.3, 0.4) is 0 Å². The predicted octanol–water partition coefficient (Wildman–Crippen LogP) is 2.43. The normalized spacial score (nSPS) is 15.9. The van der Waals surface area contributed by atoms with Gasteiger partial charge in [-0.1, -0.05) is 17.4 Å². The fourth-order valence-electron chi connectivity index (χ4n) is 2.44.